The normalized spacial score (nSPS) is 11.8. The first kappa shape index (κ1) is 24.5. The predicted octanol–water partition coefficient (Wildman–Crippen LogP) is 3.21. The van der Waals surface area contributed by atoms with Crippen LogP contribution in [0.4, 0.5) is 13.2 Å². The molecule has 170 valence electrons. The first-order valence-electron chi connectivity index (χ1n) is 9.17. The molecule has 0 heterocycles. The molecule has 2 rings (SSSR count). The zero-order chi connectivity index (χ0) is 23.2. The third-order valence-electron chi connectivity index (χ3n) is 4.34. The second kappa shape index (κ2) is 10.0. The monoisotopic (exact) mass is 460 g/mol. The minimum absolute atomic E-state index is 0.0391. The van der Waals surface area contributed by atoms with Gasteiger partial charge in [-0.1, -0.05) is 12.1 Å². The van der Waals surface area contributed by atoms with Crippen molar-refractivity contribution in [1.82, 2.24) is 9.62 Å². The number of methoxy groups -OCH3 is 2. The topological polar surface area (TPSA) is 84.9 Å². The van der Waals surface area contributed by atoms with Gasteiger partial charge in [-0.25, -0.2) is 13.1 Å². The van der Waals surface area contributed by atoms with E-state index in [9.17, 15) is 26.4 Å². The van der Waals surface area contributed by atoms with E-state index in [4.69, 9.17) is 9.47 Å². The van der Waals surface area contributed by atoms with Crippen LogP contribution in [0, 0.1) is 0 Å². The number of rotatable bonds is 9. The van der Waals surface area contributed by atoms with Crippen LogP contribution >= 0.6 is 0 Å². The van der Waals surface area contributed by atoms with E-state index in [0.717, 1.165) is 17.7 Å². The molecular formula is C20H23F3N2O5S. The van der Waals surface area contributed by atoms with Crippen LogP contribution in [-0.2, 0) is 16.6 Å². The van der Waals surface area contributed by atoms with Gasteiger partial charge in [-0.2, -0.15) is 13.2 Å². The van der Waals surface area contributed by atoms with Crippen molar-refractivity contribution in [3.63, 3.8) is 0 Å². The predicted molar refractivity (Wildman–Crippen MR) is 108 cm³/mol. The molecule has 0 aromatic heterocycles. The summed E-state index contributed by atoms with van der Waals surface area (Å²) in [5, 5.41) is 0. The Labute approximate surface area is 178 Å². The summed E-state index contributed by atoms with van der Waals surface area (Å²) in [6.07, 6.45) is -4.70. The number of halogens is 3. The summed E-state index contributed by atoms with van der Waals surface area (Å²) in [7, 11) is -1.44. The molecule has 0 saturated heterocycles. The molecule has 2 aromatic rings. The number of sulfonamides is 1. The molecule has 0 bridgehead atoms. The molecule has 0 aliphatic carbocycles. The van der Waals surface area contributed by atoms with E-state index in [0.29, 0.717) is 18.0 Å². The maximum absolute atomic E-state index is 12.9. The quantitative estimate of drug-likeness (QED) is 0.621. The van der Waals surface area contributed by atoms with E-state index in [2.05, 4.69) is 0 Å². The Morgan fingerprint density at radius 3 is 2.32 bits per heavy atom. The maximum atomic E-state index is 12.9. The van der Waals surface area contributed by atoms with Gasteiger partial charge in [0.15, 0.2) is 11.5 Å². The van der Waals surface area contributed by atoms with Gasteiger partial charge in [0, 0.05) is 18.7 Å². The summed E-state index contributed by atoms with van der Waals surface area (Å²) in [6, 6.07) is 10.1. The number of hydrogen-bond donors (Lipinski definition) is 1. The summed E-state index contributed by atoms with van der Waals surface area (Å²) in [4.78, 5) is 14.0. The van der Waals surface area contributed by atoms with Crippen molar-refractivity contribution in [3.8, 4) is 11.5 Å². The van der Waals surface area contributed by atoms with Crippen LogP contribution in [0.25, 0.3) is 0 Å². The number of amides is 1. The highest BCUT2D eigenvalue weighted by Crippen LogP contribution is 2.28. The number of nitrogens with one attached hydrogen (secondary N) is 1. The second-order valence-corrected chi connectivity index (χ2v) is 8.24. The van der Waals surface area contributed by atoms with Gasteiger partial charge in [0.1, 0.15) is 6.54 Å². The van der Waals surface area contributed by atoms with Crippen molar-refractivity contribution in [2.24, 2.45) is 0 Å². The molecule has 0 radical (unpaired) electrons. The second-order valence-electron chi connectivity index (χ2n) is 6.48. The standard InChI is InChI=1S/C20H23F3N2O5S/c1-4-25(12-14-8-9-17(29-2)18(10-14)30-3)19(26)15-6-5-7-16(11-15)31(27,28)24-13-20(21,22)23/h5-11,24H,4,12-13H2,1-3H3. The van der Waals surface area contributed by atoms with Gasteiger partial charge in [-0.3, -0.25) is 4.79 Å². The zero-order valence-electron chi connectivity index (χ0n) is 17.2. The molecule has 0 aliphatic heterocycles. The van der Waals surface area contributed by atoms with Crippen molar-refractivity contribution in [2.75, 3.05) is 27.3 Å². The highest BCUT2D eigenvalue weighted by molar-refractivity contribution is 7.89. The lowest BCUT2D eigenvalue weighted by atomic mass is 10.1. The fourth-order valence-electron chi connectivity index (χ4n) is 2.77. The summed E-state index contributed by atoms with van der Waals surface area (Å²) in [5.41, 5.74) is 0.792. The lowest BCUT2D eigenvalue weighted by molar-refractivity contribution is -0.121. The molecule has 0 spiro atoms. The van der Waals surface area contributed by atoms with Gasteiger partial charge in [-0.15, -0.1) is 0 Å². The Morgan fingerprint density at radius 2 is 1.74 bits per heavy atom. The molecular weight excluding hydrogens is 437 g/mol. The number of nitrogens with zero attached hydrogens (tertiary/aromatic N) is 1. The number of alkyl halides is 3. The van der Waals surface area contributed by atoms with Gasteiger partial charge in [0.05, 0.1) is 19.1 Å². The van der Waals surface area contributed by atoms with Gasteiger partial charge in [0.25, 0.3) is 5.91 Å². The van der Waals surface area contributed by atoms with Crippen LogP contribution in [0.5, 0.6) is 11.5 Å². The van der Waals surface area contributed by atoms with Crippen molar-refractivity contribution < 1.29 is 35.9 Å². The summed E-state index contributed by atoms with van der Waals surface area (Å²) in [5.74, 6) is 0.558. The van der Waals surface area contributed by atoms with Crippen LogP contribution in [0.1, 0.15) is 22.8 Å². The van der Waals surface area contributed by atoms with Crippen LogP contribution in [0.3, 0.4) is 0 Å². The molecule has 31 heavy (non-hydrogen) atoms. The highest BCUT2D eigenvalue weighted by Gasteiger charge is 2.30. The Balaban J connectivity index is 2.24. The average molecular weight is 460 g/mol. The number of ether oxygens (including phenoxy) is 2. The zero-order valence-corrected chi connectivity index (χ0v) is 18.0. The van der Waals surface area contributed by atoms with Gasteiger partial charge < -0.3 is 14.4 Å². The van der Waals surface area contributed by atoms with Crippen LogP contribution in [-0.4, -0.2) is 52.7 Å². The molecule has 0 unspecified atom stereocenters. The van der Waals surface area contributed by atoms with Gasteiger partial charge in [0.2, 0.25) is 10.0 Å². The average Bonchev–Trinajstić information content (AvgIpc) is 2.75. The van der Waals surface area contributed by atoms with Crippen molar-refractivity contribution in [1.29, 1.82) is 0 Å². The highest BCUT2D eigenvalue weighted by atomic mass is 32.2. The molecule has 1 amide bonds. The number of benzene rings is 2. The molecule has 2 aromatic carbocycles. The van der Waals surface area contributed by atoms with Gasteiger partial charge in [-0.05, 0) is 42.8 Å². The molecule has 0 saturated carbocycles. The lowest BCUT2D eigenvalue weighted by Gasteiger charge is -2.22. The van der Waals surface area contributed by atoms with Crippen LogP contribution < -0.4 is 14.2 Å². The number of carbonyl (C=O) groups excluding carboxylic acids is 1. The number of carbonyl (C=O) groups is 1. The van der Waals surface area contributed by atoms with E-state index in [1.165, 1.54) is 36.0 Å². The molecule has 11 heteroatoms. The van der Waals surface area contributed by atoms with Crippen molar-refractivity contribution in [3.05, 3.63) is 53.6 Å². The SMILES string of the molecule is CCN(Cc1ccc(OC)c(OC)c1)C(=O)c1cccc(S(=O)(=O)NCC(F)(F)F)c1. The Bertz CT molecular complexity index is 1030. The van der Waals surface area contributed by atoms with E-state index in [1.807, 2.05) is 0 Å². The van der Waals surface area contributed by atoms with E-state index in [1.54, 1.807) is 25.1 Å². The number of hydrogen-bond acceptors (Lipinski definition) is 5. The minimum Gasteiger partial charge on any atom is -0.493 e. The molecule has 0 atom stereocenters. The third kappa shape index (κ3) is 6.59. The molecule has 1 N–H and O–H groups in total. The van der Waals surface area contributed by atoms with E-state index in [-0.39, 0.29) is 12.1 Å². The summed E-state index contributed by atoms with van der Waals surface area (Å²) < 4.78 is 73.3. The van der Waals surface area contributed by atoms with Crippen LogP contribution in [0.2, 0.25) is 0 Å². The Kier molecular flexibility index (Phi) is 7.91. The van der Waals surface area contributed by atoms with Gasteiger partial charge >= 0.3 is 6.18 Å². The summed E-state index contributed by atoms with van der Waals surface area (Å²) in [6.45, 7) is 0.577. The maximum Gasteiger partial charge on any atom is 0.402 e. The first-order chi connectivity index (χ1) is 14.5. The Hall–Kier alpha value is -2.79. The molecule has 7 nitrogen and oxygen atoms in total. The summed E-state index contributed by atoms with van der Waals surface area (Å²) >= 11 is 0. The van der Waals surface area contributed by atoms with Crippen molar-refractivity contribution in [2.45, 2.75) is 24.5 Å². The fourth-order valence-corrected chi connectivity index (χ4v) is 3.83. The molecule has 0 fully saturated rings. The fraction of sp³-hybridized carbons (Fsp3) is 0.350. The van der Waals surface area contributed by atoms with E-state index < -0.39 is 33.5 Å². The largest absolute Gasteiger partial charge is 0.493 e. The van der Waals surface area contributed by atoms with Crippen molar-refractivity contribution >= 4 is 15.9 Å². The first-order valence-corrected chi connectivity index (χ1v) is 10.7. The third-order valence-corrected chi connectivity index (χ3v) is 5.74. The Morgan fingerprint density at radius 1 is 1.06 bits per heavy atom. The van der Waals surface area contributed by atoms with Crippen LogP contribution in [0.15, 0.2) is 47.4 Å². The molecule has 0 aliphatic rings. The van der Waals surface area contributed by atoms with E-state index >= 15 is 0 Å². The minimum atomic E-state index is -4.70. The lowest BCUT2D eigenvalue weighted by Crippen LogP contribution is -2.34. The smallest absolute Gasteiger partial charge is 0.402 e.